The molecule has 26 heavy (non-hydrogen) atoms. The van der Waals surface area contributed by atoms with E-state index in [1.54, 1.807) is 6.07 Å². The average molecular weight is 361 g/mol. The van der Waals surface area contributed by atoms with Gasteiger partial charge in [0.25, 0.3) is 5.69 Å². The quantitative estimate of drug-likeness (QED) is 0.550. The van der Waals surface area contributed by atoms with Crippen molar-refractivity contribution in [3.63, 3.8) is 0 Å². The summed E-state index contributed by atoms with van der Waals surface area (Å²) in [5.74, 6) is 1.35. The number of likely N-dealkylation sites (N-methyl/N-ethyl adjacent to an activating group) is 1. The molecule has 0 atom stereocenters. The van der Waals surface area contributed by atoms with Gasteiger partial charge in [-0.1, -0.05) is 12.8 Å². The number of fused-ring (bicyclic) bond motifs is 1. The standard InChI is InChI=1S/C19H27N3O4/c1-2-20(19(23)13-15-5-3-4-6-15)9-10-21-11-12-26-18-14-16(22(24)25)7-8-17(18)21/h7-8,14-15H,2-6,9-13H2,1H3. The summed E-state index contributed by atoms with van der Waals surface area (Å²) in [6.45, 7) is 5.32. The molecule has 1 aliphatic heterocycles. The largest absolute Gasteiger partial charge is 0.489 e. The van der Waals surface area contributed by atoms with Crippen molar-refractivity contribution in [2.24, 2.45) is 5.92 Å². The first kappa shape index (κ1) is 18.5. The molecule has 1 aromatic rings. The Morgan fingerprint density at radius 2 is 2.15 bits per heavy atom. The van der Waals surface area contributed by atoms with Crippen LogP contribution in [0.5, 0.6) is 5.75 Å². The molecule has 1 amide bonds. The minimum Gasteiger partial charge on any atom is -0.489 e. The molecule has 0 spiro atoms. The number of nitro groups is 1. The molecular formula is C19H27N3O4. The van der Waals surface area contributed by atoms with Crippen LogP contribution in [0.4, 0.5) is 11.4 Å². The third-order valence-corrected chi connectivity index (χ3v) is 5.43. The Balaban J connectivity index is 1.60. The van der Waals surface area contributed by atoms with Gasteiger partial charge in [-0.3, -0.25) is 14.9 Å². The van der Waals surface area contributed by atoms with Crippen LogP contribution in [0.1, 0.15) is 39.0 Å². The number of non-ortho nitro benzene ring substituents is 1. The van der Waals surface area contributed by atoms with Crippen LogP contribution in [-0.2, 0) is 4.79 Å². The van der Waals surface area contributed by atoms with Crippen LogP contribution >= 0.6 is 0 Å². The molecule has 0 unspecified atom stereocenters. The Morgan fingerprint density at radius 1 is 1.38 bits per heavy atom. The van der Waals surface area contributed by atoms with Crippen molar-refractivity contribution in [3.8, 4) is 5.75 Å². The Hall–Kier alpha value is -2.31. The van der Waals surface area contributed by atoms with Gasteiger partial charge in [0.1, 0.15) is 12.4 Å². The van der Waals surface area contributed by atoms with Gasteiger partial charge in [0, 0.05) is 32.1 Å². The Kier molecular flexibility index (Phi) is 5.96. The summed E-state index contributed by atoms with van der Waals surface area (Å²) >= 11 is 0. The maximum absolute atomic E-state index is 12.6. The van der Waals surface area contributed by atoms with Crippen LogP contribution in [0.15, 0.2) is 18.2 Å². The molecule has 1 heterocycles. The van der Waals surface area contributed by atoms with Crippen molar-refractivity contribution in [3.05, 3.63) is 28.3 Å². The lowest BCUT2D eigenvalue weighted by Gasteiger charge is -2.33. The molecule has 1 fully saturated rings. The number of carbonyl (C=O) groups is 1. The van der Waals surface area contributed by atoms with Gasteiger partial charge in [0.05, 0.1) is 23.2 Å². The van der Waals surface area contributed by atoms with Gasteiger partial charge in [0.15, 0.2) is 0 Å². The molecule has 7 heteroatoms. The van der Waals surface area contributed by atoms with E-state index in [1.807, 2.05) is 11.8 Å². The maximum atomic E-state index is 12.6. The third-order valence-electron chi connectivity index (χ3n) is 5.43. The molecule has 1 aliphatic carbocycles. The van der Waals surface area contributed by atoms with Gasteiger partial charge in [-0.25, -0.2) is 0 Å². The van der Waals surface area contributed by atoms with E-state index in [9.17, 15) is 14.9 Å². The molecule has 1 saturated carbocycles. The number of amides is 1. The number of nitrogens with zero attached hydrogens (tertiary/aromatic N) is 3. The van der Waals surface area contributed by atoms with Crippen molar-refractivity contribution >= 4 is 17.3 Å². The fourth-order valence-corrected chi connectivity index (χ4v) is 3.90. The van der Waals surface area contributed by atoms with E-state index in [0.29, 0.717) is 44.3 Å². The summed E-state index contributed by atoms with van der Waals surface area (Å²) in [7, 11) is 0. The van der Waals surface area contributed by atoms with Gasteiger partial charge in [-0.2, -0.15) is 0 Å². The average Bonchev–Trinajstić information content (AvgIpc) is 3.14. The van der Waals surface area contributed by atoms with Gasteiger partial charge in [-0.15, -0.1) is 0 Å². The van der Waals surface area contributed by atoms with E-state index in [1.165, 1.54) is 37.8 Å². The molecule has 0 saturated heterocycles. The van der Waals surface area contributed by atoms with Crippen LogP contribution in [0.3, 0.4) is 0 Å². The number of nitro benzene ring substituents is 1. The maximum Gasteiger partial charge on any atom is 0.273 e. The van der Waals surface area contributed by atoms with Crippen molar-refractivity contribution in [2.45, 2.75) is 39.0 Å². The molecule has 7 nitrogen and oxygen atoms in total. The van der Waals surface area contributed by atoms with Crippen LogP contribution in [0, 0.1) is 16.0 Å². The van der Waals surface area contributed by atoms with Crippen molar-refractivity contribution in [1.29, 1.82) is 0 Å². The zero-order valence-corrected chi connectivity index (χ0v) is 15.4. The normalized spacial score (nSPS) is 16.9. The summed E-state index contributed by atoms with van der Waals surface area (Å²) in [6, 6.07) is 4.72. The minimum absolute atomic E-state index is 0.0347. The Morgan fingerprint density at radius 3 is 2.85 bits per heavy atom. The highest BCUT2D eigenvalue weighted by molar-refractivity contribution is 5.76. The predicted molar refractivity (Wildman–Crippen MR) is 99.6 cm³/mol. The number of ether oxygens (including phenoxy) is 1. The second kappa shape index (κ2) is 8.38. The first-order valence-corrected chi connectivity index (χ1v) is 9.52. The zero-order chi connectivity index (χ0) is 18.5. The molecule has 0 radical (unpaired) electrons. The number of rotatable bonds is 7. The lowest BCUT2D eigenvalue weighted by atomic mass is 10.0. The second-order valence-corrected chi connectivity index (χ2v) is 7.07. The summed E-state index contributed by atoms with van der Waals surface area (Å²) in [6.07, 6.45) is 5.53. The van der Waals surface area contributed by atoms with E-state index in [4.69, 9.17) is 4.74 Å². The molecule has 142 valence electrons. The predicted octanol–water partition coefficient (Wildman–Crippen LogP) is 3.22. The smallest absolute Gasteiger partial charge is 0.273 e. The van der Waals surface area contributed by atoms with E-state index in [-0.39, 0.29) is 11.6 Å². The number of carbonyl (C=O) groups excluding carboxylic acids is 1. The molecule has 3 rings (SSSR count). The van der Waals surface area contributed by atoms with Crippen molar-refractivity contribution < 1.29 is 14.5 Å². The number of anilines is 1. The van der Waals surface area contributed by atoms with E-state index >= 15 is 0 Å². The van der Waals surface area contributed by atoms with E-state index in [2.05, 4.69) is 4.90 Å². The molecular weight excluding hydrogens is 334 g/mol. The highest BCUT2D eigenvalue weighted by Gasteiger charge is 2.24. The van der Waals surface area contributed by atoms with Crippen molar-refractivity contribution in [2.75, 3.05) is 37.7 Å². The van der Waals surface area contributed by atoms with Crippen LogP contribution < -0.4 is 9.64 Å². The third kappa shape index (κ3) is 4.26. The monoisotopic (exact) mass is 361 g/mol. The fraction of sp³-hybridized carbons (Fsp3) is 0.632. The molecule has 2 aliphatic rings. The lowest BCUT2D eigenvalue weighted by Crippen LogP contribution is -2.41. The lowest BCUT2D eigenvalue weighted by molar-refractivity contribution is -0.384. The zero-order valence-electron chi connectivity index (χ0n) is 15.4. The van der Waals surface area contributed by atoms with Crippen LogP contribution in [0.25, 0.3) is 0 Å². The Labute approximate surface area is 154 Å². The molecule has 0 N–H and O–H groups in total. The number of hydrogen-bond acceptors (Lipinski definition) is 5. The highest BCUT2D eigenvalue weighted by Crippen LogP contribution is 2.34. The minimum atomic E-state index is -0.414. The summed E-state index contributed by atoms with van der Waals surface area (Å²) in [5, 5.41) is 10.9. The van der Waals surface area contributed by atoms with Crippen molar-refractivity contribution in [1.82, 2.24) is 4.90 Å². The molecule has 0 bridgehead atoms. The van der Waals surface area contributed by atoms with Crippen LogP contribution in [-0.4, -0.2) is 48.5 Å². The number of benzene rings is 1. The van der Waals surface area contributed by atoms with Gasteiger partial charge < -0.3 is 14.5 Å². The van der Waals surface area contributed by atoms with E-state index in [0.717, 1.165) is 12.2 Å². The second-order valence-electron chi connectivity index (χ2n) is 7.07. The number of hydrogen-bond donors (Lipinski definition) is 0. The van der Waals surface area contributed by atoms with Gasteiger partial charge in [0.2, 0.25) is 5.91 Å². The van der Waals surface area contributed by atoms with Gasteiger partial charge >= 0.3 is 0 Å². The summed E-state index contributed by atoms with van der Waals surface area (Å²) in [4.78, 5) is 27.2. The first-order valence-electron chi connectivity index (χ1n) is 9.52. The fourth-order valence-electron chi connectivity index (χ4n) is 3.90. The van der Waals surface area contributed by atoms with E-state index < -0.39 is 4.92 Å². The van der Waals surface area contributed by atoms with Gasteiger partial charge in [-0.05, 0) is 31.7 Å². The molecule has 0 aromatic heterocycles. The summed E-state index contributed by atoms with van der Waals surface area (Å²) < 4.78 is 5.59. The SMILES string of the molecule is CCN(CCN1CCOc2cc([N+](=O)[O-])ccc21)C(=O)CC1CCCC1. The molecule has 1 aromatic carbocycles. The first-order chi connectivity index (χ1) is 12.6. The Bertz CT molecular complexity index is 658. The highest BCUT2D eigenvalue weighted by atomic mass is 16.6. The summed E-state index contributed by atoms with van der Waals surface area (Å²) in [5.41, 5.74) is 0.897. The topological polar surface area (TPSA) is 75.9 Å². The van der Waals surface area contributed by atoms with Crippen LogP contribution in [0.2, 0.25) is 0 Å².